The van der Waals surface area contributed by atoms with E-state index in [0.717, 1.165) is 22.0 Å². The number of sulfonamides is 1. The van der Waals surface area contributed by atoms with Gasteiger partial charge in [-0.2, -0.15) is 0 Å². The summed E-state index contributed by atoms with van der Waals surface area (Å²) >= 11 is 0. The minimum atomic E-state index is -4.16. The third-order valence-electron chi connectivity index (χ3n) is 5.95. The molecule has 3 rings (SSSR count). The van der Waals surface area contributed by atoms with Crippen LogP contribution in [0.4, 0.5) is 10.1 Å². The van der Waals surface area contributed by atoms with Gasteiger partial charge in [0.05, 0.1) is 10.6 Å². The molecule has 0 aliphatic heterocycles. The van der Waals surface area contributed by atoms with Gasteiger partial charge in [0.25, 0.3) is 10.0 Å². The summed E-state index contributed by atoms with van der Waals surface area (Å²) in [5.41, 5.74) is 1.13. The summed E-state index contributed by atoms with van der Waals surface area (Å²) in [5, 5.41) is 2.77. The Kier molecular flexibility index (Phi) is 9.79. The molecule has 2 amide bonds. The molecule has 1 N–H and O–H groups in total. The molecule has 0 aromatic heterocycles. The van der Waals surface area contributed by atoms with Gasteiger partial charge >= 0.3 is 0 Å². The van der Waals surface area contributed by atoms with E-state index < -0.39 is 34.3 Å². The van der Waals surface area contributed by atoms with Gasteiger partial charge in [0.1, 0.15) is 18.4 Å². The van der Waals surface area contributed by atoms with Gasteiger partial charge in [-0.05, 0) is 61.7 Å². The van der Waals surface area contributed by atoms with E-state index in [-0.39, 0.29) is 23.0 Å². The number of carbonyl (C=O) groups excluding carboxylic acids is 2. The molecular weight excluding hydrogens is 493 g/mol. The molecule has 0 fully saturated rings. The molecule has 9 heteroatoms. The van der Waals surface area contributed by atoms with E-state index in [2.05, 4.69) is 5.32 Å². The zero-order valence-electron chi connectivity index (χ0n) is 21.0. The molecule has 37 heavy (non-hydrogen) atoms. The van der Waals surface area contributed by atoms with Crippen LogP contribution in [-0.2, 0) is 26.0 Å². The number of carbonyl (C=O) groups is 2. The monoisotopic (exact) mass is 525 g/mol. The van der Waals surface area contributed by atoms with Crippen molar-refractivity contribution in [3.8, 4) is 0 Å². The van der Waals surface area contributed by atoms with E-state index >= 15 is 0 Å². The van der Waals surface area contributed by atoms with E-state index in [1.54, 1.807) is 32.0 Å². The van der Waals surface area contributed by atoms with Gasteiger partial charge in [-0.15, -0.1) is 0 Å². The third kappa shape index (κ3) is 7.16. The highest BCUT2D eigenvalue weighted by Gasteiger charge is 2.33. The normalized spacial score (nSPS) is 12.0. The molecule has 0 aliphatic rings. The summed E-state index contributed by atoms with van der Waals surface area (Å²) in [6.45, 7) is 3.68. The molecule has 1 atom stereocenters. The van der Waals surface area contributed by atoms with Crippen LogP contribution in [0.3, 0.4) is 0 Å². The first kappa shape index (κ1) is 27.9. The number of nitrogens with one attached hydrogen (secondary N) is 1. The fraction of sp³-hybridized carbons (Fsp3) is 0.286. The fourth-order valence-electron chi connectivity index (χ4n) is 4.04. The quantitative estimate of drug-likeness (QED) is 0.387. The first-order valence-electron chi connectivity index (χ1n) is 12.2. The third-order valence-corrected chi connectivity index (χ3v) is 7.73. The highest BCUT2D eigenvalue weighted by Crippen LogP contribution is 2.24. The van der Waals surface area contributed by atoms with Crippen LogP contribution in [-0.4, -0.2) is 50.8 Å². The molecule has 0 unspecified atom stereocenters. The van der Waals surface area contributed by atoms with Crippen LogP contribution in [0.25, 0.3) is 0 Å². The predicted octanol–water partition coefficient (Wildman–Crippen LogP) is 4.01. The number of halogens is 1. The molecule has 3 aromatic rings. The SMILES string of the molecule is CCNC(=O)[C@@H](CC)N(CCc1ccccc1)C(=O)CN(c1ccc(F)cc1)S(=O)(=O)c1ccccc1. The first-order chi connectivity index (χ1) is 17.8. The first-order valence-corrected chi connectivity index (χ1v) is 13.7. The Morgan fingerprint density at radius 1 is 0.892 bits per heavy atom. The van der Waals surface area contributed by atoms with Crippen LogP contribution in [0, 0.1) is 5.82 Å². The zero-order valence-corrected chi connectivity index (χ0v) is 21.8. The number of nitrogens with zero attached hydrogens (tertiary/aromatic N) is 2. The molecule has 0 radical (unpaired) electrons. The van der Waals surface area contributed by atoms with Crippen LogP contribution in [0.1, 0.15) is 25.8 Å². The van der Waals surface area contributed by atoms with E-state index in [9.17, 15) is 22.4 Å². The van der Waals surface area contributed by atoms with Crippen LogP contribution < -0.4 is 9.62 Å². The molecule has 0 heterocycles. The highest BCUT2D eigenvalue weighted by atomic mass is 32.2. The Balaban J connectivity index is 1.98. The Hall–Kier alpha value is -3.72. The maximum Gasteiger partial charge on any atom is 0.264 e. The Labute approximate surface area is 218 Å². The molecule has 0 aliphatic carbocycles. The summed E-state index contributed by atoms with van der Waals surface area (Å²) in [5.74, 6) is -1.36. The number of amides is 2. The van der Waals surface area contributed by atoms with Gasteiger partial charge in [-0.25, -0.2) is 12.8 Å². The van der Waals surface area contributed by atoms with Gasteiger partial charge in [-0.1, -0.05) is 55.5 Å². The Morgan fingerprint density at radius 2 is 1.49 bits per heavy atom. The van der Waals surface area contributed by atoms with Crippen LogP contribution in [0.2, 0.25) is 0 Å². The fourth-order valence-corrected chi connectivity index (χ4v) is 5.48. The van der Waals surface area contributed by atoms with Gasteiger partial charge < -0.3 is 10.2 Å². The summed E-state index contributed by atoms with van der Waals surface area (Å²) in [7, 11) is -4.16. The number of anilines is 1. The van der Waals surface area contributed by atoms with Crippen molar-refractivity contribution in [2.45, 2.75) is 37.6 Å². The molecular formula is C28H32FN3O4S. The summed E-state index contributed by atoms with van der Waals surface area (Å²) in [6.07, 6.45) is 0.846. The van der Waals surface area contributed by atoms with E-state index in [1.807, 2.05) is 30.3 Å². The number of benzene rings is 3. The van der Waals surface area contributed by atoms with Crippen molar-refractivity contribution in [1.82, 2.24) is 10.2 Å². The Bertz CT molecular complexity index is 1270. The lowest BCUT2D eigenvalue weighted by Gasteiger charge is -2.33. The van der Waals surface area contributed by atoms with E-state index in [0.29, 0.717) is 19.4 Å². The van der Waals surface area contributed by atoms with Gasteiger partial charge in [0, 0.05) is 13.1 Å². The lowest BCUT2D eigenvalue weighted by Crippen LogP contribution is -2.53. The lowest BCUT2D eigenvalue weighted by molar-refractivity contribution is -0.139. The van der Waals surface area contributed by atoms with Crippen molar-refractivity contribution < 1.29 is 22.4 Å². The molecule has 0 saturated heterocycles. The number of likely N-dealkylation sites (N-methyl/N-ethyl adjacent to an activating group) is 1. The number of rotatable bonds is 12. The zero-order chi connectivity index (χ0) is 26.8. The van der Waals surface area contributed by atoms with E-state index in [1.165, 1.54) is 29.2 Å². The minimum Gasteiger partial charge on any atom is -0.355 e. The molecule has 3 aromatic carbocycles. The number of hydrogen-bond donors (Lipinski definition) is 1. The van der Waals surface area contributed by atoms with Crippen molar-refractivity contribution in [2.75, 3.05) is 23.9 Å². The average molecular weight is 526 g/mol. The standard InChI is InChI=1S/C28H32FN3O4S/c1-3-26(28(34)30-4-2)31(20-19-22-11-7-5-8-12-22)27(33)21-32(24-17-15-23(29)16-18-24)37(35,36)25-13-9-6-10-14-25/h5-18,26H,3-4,19-21H2,1-2H3,(H,30,34)/t26-/m1/s1. The summed E-state index contributed by atoms with van der Waals surface area (Å²) in [4.78, 5) is 28.1. The lowest BCUT2D eigenvalue weighted by atomic mass is 10.1. The van der Waals surface area contributed by atoms with Crippen LogP contribution >= 0.6 is 0 Å². The van der Waals surface area contributed by atoms with Crippen molar-refractivity contribution >= 4 is 27.5 Å². The largest absolute Gasteiger partial charge is 0.355 e. The smallest absolute Gasteiger partial charge is 0.264 e. The maximum atomic E-state index is 13.8. The second-order valence-corrected chi connectivity index (χ2v) is 10.3. The second-order valence-electron chi connectivity index (χ2n) is 8.44. The van der Waals surface area contributed by atoms with Crippen molar-refractivity contribution in [3.63, 3.8) is 0 Å². The number of hydrogen-bond acceptors (Lipinski definition) is 4. The minimum absolute atomic E-state index is 0.00118. The van der Waals surface area contributed by atoms with Crippen molar-refractivity contribution in [3.05, 3.63) is 96.3 Å². The van der Waals surface area contributed by atoms with E-state index in [4.69, 9.17) is 0 Å². The average Bonchev–Trinajstić information content (AvgIpc) is 2.91. The predicted molar refractivity (Wildman–Crippen MR) is 142 cm³/mol. The van der Waals surface area contributed by atoms with Crippen molar-refractivity contribution in [2.24, 2.45) is 0 Å². The molecule has 0 spiro atoms. The van der Waals surface area contributed by atoms with Crippen LogP contribution in [0.15, 0.2) is 89.8 Å². The highest BCUT2D eigenvalue weighted by molar-refractivity contribution is 7.92. The topological polar surface area (TPSA) is 86.8 Å². The van der Waals surface area contributed by atoms with Gasteiger partial charge in [0.2, 0.25) is 11.8 Å². The van der Waals surface area contributed by atoms with Gasteiger partial charge in [0.15, 0.2) is 0 Å². The van der Waals surface area contributed by atoms with Crippen molar-refractivity contribution in [1.29, 1.82) is 0 Å². The van der Waals surface area contributed by atoms with Gasteiger partial charge in [-0.3, -0.25) is 13.9 Å². The van der Waals surface area contributed by atoms with Crippen LogP contribution in [0.5, 0.6) is 0 Å². The summed E-state index contributed by atoms with van der Waals surface area (Å²) < 4.78 is 41.8. The summed E-state index contributed by atoms with van der Waals surface area (Å²) in [6, 6.07) is 21.4. The molecule has 196 valence electrons. The Morgan fingerprint density at radius 3 is 2.05 bits per heavy atom. The molecule has 7 nitrogen and oxygen atoms in total. The second kappa shape index (κ2) is 13.0. The molecule has 0 bridgehead atoms. The molecule has 0 saturated carbocycles. The maximum absolute atomic E-state index is 13.8.